The van der Waals surface area contributed by atoms with Crippen LogP contribution >= 0.6 is 22.9 Å². The van der Waals surface area contributed by atoms with Gasteiger partial charge in [-0.25, -0.2) is 4.98 Å². The van der Waals surface area contributed by atoms with Crippen molar-refractivity contribution < 1.29 is 4.79 Å². The summed E-state index contributed by atoms with van der Waals surface area (Å²) in [6.07, 6.45) is 4.51. The van der Waals surface area contributed by atoms with E-state index < -0.39 is 0 Å². The average Bonchev–Trinajstić information content (AvgIpc) is 3.17. The molecule has 1 aliphatic rings. The van der Waals surface area contributed by atoms with Crippen LogP contribution in [0.5, 0.6) is 0 Å². The third-order valence-electron chi connectivity index (χ3n) is 3.57. The van der Waals surface area contributed by atoms with Gasteiger partial charge in [0.2, 0.25) is 5.91 Å². The molecule has 3 rings (SSSR count). The average molecular weight is 333 g/mol. The van der Waals surface area contributed by atoms with Crippen molar-refractivity contribution in [2.45, 2.75) is 6.42 Å². The van der Waals surface area contributed by atoms with Gasteiger partial charge in [-0.2, -0.15) is 5.26 Å². The lowest BCUT2D eigenvalue weighted by Gasteiger charge is -2.08. The number of halogens is 1. The summed E-state index contributed by atoms with van der Waals surface area (Å²) in [4.78, 5) is 19.0. The van der Waals surface area contributed by atoms with Gasteiger partial charge in [0.25, 0.3) is 0 Å². The summed E-state index contributed by atoms with van der Waals surface area (Å²) in [5.41, 5.74) is 1.01. The van der Waals surface area contributed by atoms with Crippen molar-refractivity contribution in [2.24, 2.45) is 5.92 Å². The van der Waals surface area contributed by atoms with Crippen LogP contribution in [0.4, 0.5) is 5.13 Å². The SMILES string of the molecule is N#CN1CCC(C(=O)Nc2ncc(-c3ccc(Cl)cc3)s2)C1. The van der Waals surface area contributed by atoms with Crippen LogP contribution in [0.2, 0.25) is 5.02 Å². The molecule has 0 saturated carbocycles. The summed E-state index contributed by atoms with van der Waals surface area (Å²) < 4.78 is 0. The Morgan fingerprint density at radius 1 is 1.45 bits per heavy atom. The zero-order valence-corrected chi connectivity index (χ0v) is 13.2. The molecule has 1 aromatic carbocycles. The number of aromatic nitrogens is 1. The van der Waals surface area contributed by atoms with E-state index in [9.17, 15) is 4.79 Å². The Balaban J connectivity index is 1.66. The van der Waals surface area contributed by atoms with Crippen molar-refractivity contribution >= 4 is 34.0 Å². The lowest BCUT2D eigenvalue weighted by Crippen LogP contribution is -2.25. The minimum absolute atomic E-state index is 0.0743. The fourth-order valence-electron chi connectivity index (χ4n) is 2.35. The zero-order chi connectivity index (χ0) is 15.5. The first-order valence-electron chi connectivity index (χ1n) is 6.83. The molecule has 2 aromatic rings. The molecule has 0 spiro atoms. The van der Waals surface area contributed by atoms with Crippen molar-refractivity contribution in [2.75, 3.05) is 18.4 Å². The molecule has 1 unspecified atom stereocenters. The number of rotatable bonds is 3. The molecule has 22 heavy (non-hydrogen) atoms. The van der Waals surface area contributed by atoms with Crippen molar-refractivity contribution in [3.05, 3.63) is 35.5 Å². The highest BCUT2D eigenvalue weighted by Crippen LogP contribution is 2.30. The molecule has 1 amide bonds. The Labute approximate surface area is 137 Å². The molecule has 112 valence electrons. The normalized spacial score (nSPS) is 17.3. The Morgan fingerprint density at radius 3 is 2.91 bits per heavy atom. The Hall–Kier alpha value is -2.10. The number of nitrogens with one attached hydrogen (secondary N) is 1. The van der Waals surface area contributed by atoms with E-state index >= 15 is 0 Å². The summed E-state index contributed by atoms with van der Waals surface area (Å²) in [6, 6.07) is 7.49. The zero-order valence-electron chi connectivity index (χ0n) is 11.6. The van der Waals surface area contributed by atoms with Crippen molar-refractivity contribution in [3.63, 3.8) is 0 Å². The van der Waals surface area contributed by atoms with Gasteiger partial charge in [-0.3, -0.25) is 4.79 Å². The van der Waals surface area contributed by atoms with Gasteiger partial charge < -0.3 is 10.2 Å². The lowest BCUT2D eigenvalue weighted by molar-refractivity contribution is -0.119. The molecule has 1 saturated heterocycles. The van der Waals surface area contributed by atoms with E-state index in [0.717, 1.165) is 10.4 Å². The third-order valence-corrected chi connectivity index (χ3v) is 4.78. The number of nitrogens with zero attached hydrogens (tertiary/aromatic N) is 3. The molecule has 5 nitrogen and oxygen atoms in total. The van der Waals surface area contributed by atoms with E-state index in [1.807, 2.05) is 24.3 Å². The van der Waals surface area contributed by atoms with E-state index in [-0.39, 0.29) is 11.8 Å². The van der Waals surface area contributed by atoms with E-state index in [1.165, 1.54) is 11.3 Å². The topological polar surface area (TPSA) is 69.0 Å². The molecule has 0 bridgehead atoms. The first-order valence-corrected chi connectivity index (χ1v) is 8.02. The summed E-state index contributed by atoms with van der Waals surface area (Å²) in [7, 11) is 0. The van der Waals surface area contributed by atoms with E-state index in [0.29, 0.717) is 29.7 Å². The fraction of sp³-hybridized carbons (Fsp3) is 0.267. The number of carbonyl (C=O) groups excluding carboxylic acids is 1. The summed E-state index contributed by atoms with van der Waals surface area (Å²) in [5, 5.41) is 12.9. The maximum absolute atomic E-state index is 12.2. The molecule has 1 aliphatic heterocycles. The van der Waals surface area contributed by atoms with E-state index in [2.05, 4.69) is 16.5 Å². The van der Waals surface area contributed by atoms with Crippen LogP contribution in [0.3, 0.4) is 0 Å². The van der Waals surface area contributed by atoms with Gasteiger partial charge >= 0.3 is 0 Å². The Bertz CT molecular complexity index is 722. The van der Waals surface area contributed by atoms with Crippen LogP contribution < -0.4 is 5.32 Å². The van der Waals surface area contributed by atoms with Crippen LogP contribution in [0, 0.1) is 17.4 Å². The molecular weight excluding hydrogens is 320 g/mol. The standard InChI is InChI=1S/C15H13ClN4OS/c16-12-3-1-10(2-4-12)13-7-18-15(22-13)19-14(21)11-5-6-20(8-11)9-17/h1-4,7,11H,5-6,8H2,(H,18,19,21). The number of hydrogen-bond acceptors (Lipinski definition) is 5. The van der Waals surface area contributed by atoms with Gasteiger partial charge in [-0.1, -0.05) is 35.1 Å². The highest BCUT2D eigenvalue weighted by molar-refractivity contribution is 7.19. The number of nitriles is 1. The Morgan fingerprint density at radius 2 is 2.23 bits per heavy atom. The molecule has 0 aliphatic carbocycles. The summed E-state index contributed by atoms with van der Waals surface area (Å²) in [6.45, 7) is 1.13. The molecule has 1 atom stereocenters. The number of amides is 1. The molecule has 0 radical (unpaired) electrons. The number of likely N-dealkylation sites (tertiary alicyclic amines) is 1. The maximum Gasteiger partial charge on any atom is 0.231 e. The molecule has 1 N–H and O–H groups in total. The second-order valence-electron chi connectivity index (χ2n) is 5.06. The predicted octanol–water partition coefficient (Wildman–Crippen LogP) is 3.20. The number of carbonyl (C=O) groups is 1. The van der Waals surface area contributed by atoms with Crippen molar-refractivity contribution in [3.8, 4) is 16.6 Å². The van der Waals surface area contributed by atoms with Crippen LogP contribution in [0.15, 0.2) is 30.5 Å². The molecule has 1 aromatic heterocycles. The van der Waals surface area contributed by atoms with Crippen LogP contribution in [-0.4, -0.2) is 28.9 Å². The molecular formula is C15H13ClN4OS. The van der Waals surface area contributed by atoms with Gasteiger partial charge in [0.05, 0.1) is 10.8 Å². The highest BCUT2D eigenvalue weighted by atomic mass is 35.5. The van der Waals surface area contributed by atoms with Crippen LogP contribution in [0.1, 0.15) is 6.42 Å². The quantitative estimate of drug-likeness (QED) is 0.876. The predicted molar refractivity (Wildman–Crippen MR) is 86.5 cm³/mol. The monoisotopic (exact) mass is 332 g/mol. The lowest BCUT2D eigenvalue weighted by atomic mass is 10.1. The van der Waals surface area contributed by atoms with Gasteiger partial charge in [-0.05, 0) is 24.1 Å². The van der Waals surface area contributed by atoms with Gasteiger partial charge in [-0.15, -0.1) is 0 Å². The minimum Gasteiger partial charge on any atom is -0.310 e. The maximum atomic E-state index is 12.2. The van der Waals surface area contributed by atoms with Crippen molar-refractivity contribution in [1.82, 2.24) is 9.88 Å². The third kappa shape index (κ3) is 3.21. The number of hydrogen-bond donors (Lipinski definition) is 1. The second kappa shape index (κ2) is 6.34. The van der Waals surface area contributed by atoms with E-state index in [4.69, 9.17) is 16.9 Å². The summed E-state index contributed by atoms with van der Waals surface area (Å²) >= 11 is 7.29. The van der Waals surface area contributed by atoms with Gasteiger partial charge in [0.1, 0.15) is 0 Å². The number of thiazole rings is 1. The van der Waals surface area contributed by atoms with Crippen LogP contribution in [-0.2, 0) is 4.79 Å². The first kappa shape index (κ1) is 14.8. The number of benzene rings is 1. The minimum atomic E-state index is -0.150. The fourth-order valence-corrected chi connectivity index (χ4v) is 3.30. The highest BCUT2D eigenvalue weighted by Gasteiger charge is 2.28. The smallest absolute Gasteiger partial charge is 0.231 e. The summed E-state index contributed by atoms with van der Waals surface area (Å²) in [5.74, 6) is -0.225. The largest absolute Gasteiger partial charge is 0.310 e. The molecule has 1 fully saturated rings. The van der Waals surface area contributed by atoms with Crippen LogP contribution in [0.25, 0.3) is 10.4 Å². The Kier molecular flexibility index (Phi) is 4.27. The van der Waals surface area contributed by atoms with Crippen molar-refractivity contribution in [1.29, 1.82) is 5.26 Å². The first-order chi connectivity index (χ1) is 10.7. The van der Waals surface area contributed by atoms with Gasteiger partial charge in [0, 0.05) is 24.3 Å². The molecule has 7 heteroatoms. The molecule has 2 heterocycles. The van der Waals surface area contributed by atoms with E-state index in [1.54, 1.807) is 11.1 Å². The van der Waals surface area contributed by atoms with Gasteiger partial charge in [0.15, 0.2) is 11.3 Å². The second-order valence-corrected chi connectivity index (χ2v) is 6.52. The number of anilines is 1.